The number of piperidine rings is 1. The van der Waals surface area contributed by atoms with E-state index < -0.39 is 0 Å². The predicted octanol–water partition coefficient (Wildman–Crippen LogP) is 4.04. The number of likely N-dealkylation sites (tertiary alicyclic amines) is 1. The molecule has 2 fully saturated rings. The number of aromatic nitrogens is 1. The minimum Gasteiger partial charge on any atom is -0.358 e. The van der Waals surface area contributed by atoms with Crippen molar-refractivity contribution in [2.75, 3.05) is 13.1 Å². The molecule has 0 bridgehead atoms. The minimum absolute atomic E-state index is 0.179. The fourth-order valence-corrected chi connectivity index (χ4v) is 3.82. The quantitative estimate of drug-likeness (QED) is 0.892. The molecular formula is C18H19ClN2O. The van der Waals surface area contributed by atoms with Crippen LogP contribution in [0.4, 0.5) is 0 Å². The number of aryl methyl sites for hydroxylation is 1. The SMILES string of the molecule is Cc1[nH]c(-c2ccc(Cl)cc2)c(C)c1C(=O)N1CC2CC2C1. The number of nitrogens with one attached hydrogen (secondary N) is 1. The zero-order chi connectivity index (χ0) is 15.4. The lowest BCUT2D eigenvalue weighted by molar-refractivity contribution is 0.0774. The van der Waals surface area contributed by atoms with Gasteiger partial charge in [-0.3, -0.25) is 4.79 Å². The summed E-state index contributed by atoms with van der Waals surface area (Å²) in [5, 5.41) is 0.720. The third-order valence-corrected chi connectivity index (χ3v) is 5.30. The van der Waals surface area contributed by atoms with E-state index in [-0.39, 0.29) is 5.91 Å². The second-order valence-electron chi connectivity index (χ2n) is 6.60. The standard InChI is InChI=1S/C18H19ClN2O/c1-10-16(18(22)21-8-13-7-14(13)9-21)11(2)20-17(10)12-3-5-15(19)6-4-12/h3-6,13-14,20H,7-9H2,1-2H3. The van der Waals surface area contributed by atoms with Crippen LogP contribution in [0.15, 0.2) is 24.3 Å². The molecule has 1 aromatic heterocycles. The van der Waals surface area contributed by atoms with Crippen LogP contribution in [0.1, 0.15) is 28.0 Å². The van der Waals surface area contributed by atoms with E-state index in [4.69, 9.17) is 11.6 Å². The molecule has 0 radical (unpaired) electrons. The summed E-state index contributed by atoms with van der Waals surface area (Å²) >= 11 is 5.96. The van der Waals surface area contributed by atoms with Gasteiger partial charge in [0.1, 0.15) is 0 Å². The van der Waals surface area contributed by atoms with Crippen LogP contribution in [-0.2, 0) is 0 Å². The Balaban J connectivity index is 1.68. The van der Waals surface area contributed by atoms with E-state index in [0.29, 0.717) is 0 Å². The van der Waals surface area contributed by atoms with Crippen LogP contribution in [0, 0.1) is 25.7 Å². The highest BCUT2D eigenvalue weighted by Gasteiger charge is 2.47. The Hall–Kier alpha value is -1.74. The maximum absolute atomic E-state index is 12.8. The number of hydrogen-bond donors (Lipinski definition) is 1. The van der Waals surface area contributed by atoms with E-state index >= 15 is 0 Å². The molecular weight excluding hydrogens is 296 g/mol. The first-order valence-electron chi connectivity index (χ1n) is 7.79. The third kappa shape index (κ3) is 2.15. The smallest absolute Gasteiger partial charge is 0.255 e. The molecule has 0 spiro atoms. The van der Waals surface area contributed by atoms with Gasteiger partial charge in [-0.25, -0.2) is 0 Å². The first-order chi connectivity index (χ1) is 10.5. The Bertz CT molecular complexity index is 737. The Morgan fingerprint density at radius 1 is 1.18 bits per heavy atom. The number of carbonyl (C=O) groups is 1. The van der Waals surface area contributed by atoms with Gasteiger partial charge in [0.05, 0.1) is 5.56 Å². The summed E-state index contributed by atoms with van der Waals surface area (Å²) in [6.45, 7) is 5.88. The summed E-state index contributed by atoms with van der Waals surface area (Å²) < 4.78 is 0. The number of H-pyrrole nitrogens is 1. The van der Waals surface area contributed by atoms with Crippen LogP contribution >= 0.6 is 11.6 Å². The number of nitrogens with zero attached hydrogens (tertiary/aromatic N) is 1. The van der Waals surface area contributed by atoms with Crippen LogP contribution in [0.5, 0.6) is 0 Å². The maximum Gasteiger partial charge on any atom is 0.255 e. The van der Waals surface area contributed by atoms with Crippen molar-refractivity contribution in [3.63, 3.8) is 0 Å². The fourth-order valence-electron chi connectivity index (χ4n) is 3.70. The highest BCUT2D eigenvalue weighted by molar-refractivity contribution is 6.30. The van der Waals surface area contributed by atoms with Crippen LogP contribution in [-0.4, -0.2) is 28.9 Å². The van der Waals surface area contributed by atoms with Crippen molar-refractivity contribution in [1.29, 1.82) is 0 Å². The Morgan fingerprint density at radius 2 is 1.82 bits per heavy atom. The maximum atomic E-state index is 12.8. The van der Waals surface area contributed by atoms with E-state index in [9.17, 15) is 4.79 Å². The number of benzene rings is 1. The molecule has 1 saturated heterocycles. The molecule has 1 N–H and O–H groups in total. The number of fused-ring (bicyclic) bond motifs is 1. The van der Waals surface area contributed by atoms with Crippen molar-refractivity contribution in [2.45, 2.75) is 20.3 Å². The molecule has 1 amide bonds. The Labute approximate surface area is 135 Å². The summed E-state index contributed by atoms with van der Waals surface area (Å²) in [6, 6.07) is 7.73. The molecule has 1 aromatic carbocycles. The van der Waals surface area contributed by atoms with Gasteiger partial charge in [-0.1, -0.05) is 23.7 Å². The second-order valence-corrected chi connectivity index (χ2v) is 7.03. The number of hydrogen-bond acceptors (Lipinski definition) is 1. The van der Waals surface area contributed by atoms with Crippen LogP contribution in [0.3, 0.4) is 0 Å². The number of carbonyl (C=O) groups excluding carboxylic acids is 1. The average Bonchev–Trinajstić information content (AvgIpc) is 2.99. The molecule has 4 rings (SSSR count). The lowest BCUT2D eigenvalue weighted by Crippen LogP contribution is -2.31. The molecule has 3 nitrogen and oxygen atoms in total. The lowest BCUT2D eigenvalue weighted by atomic mass is 10.0. The number of rotatable bonds is 2. The Morgan fingerprint density at radius 3 is 2.45 bits per heavy atom. The topological polar surface area (TPSA) is 36.1 Å². The number of amides is 1. The van der Waals surface area contributed by atoms with Crippen molar-refractivity contribution in [2.24, 2.45) is 11.8 Å². The molecule has 1 aliphatic heterocycles. The summed E-state index contributed by atoms with van der Waals surface area (Å²) in [5.41, 5.74) is 4.90. The molecule has 1 saturated carbocycles. The molecule has 22 heavy (non-hydrogen) atoms. The third-order valence-electron chi connectivity index (χ3n) is 5.05. The first-order valence-corrected chi connectivity index (χ1v) is 8.16. The number of halogens is 1. The van der Waals surface area contributed by atoms with Gasteiger partial charge in [0, 0.05) is 29.5 Å². The van der Waals surface area contributed by atoms with Gasteiger partial charge in [0.25, 0.3) is 5.91 Å². The highest BCUT2D eigenvalue weighted by atomic mass is 35.5. The lowest BCUT2D eigenvalue weighted by Gasteiger charge is -2.18. The van der Waals surface area contributed by atoms with Crippen LogP contribution < -0.4 is 0 Å². The second kappa shape index (κ2) is 4.88. The predicted molar refractivity (Wildman–Crippen MR) is 88.2 cm³/mol. The van der Waals surface area contributed by atoms with E-state index in [1.54, 1.807) is 0 Å². The molecule has 2 aliphatic rings. The largest absolute Gasteiger partial charge is 0.358 e. The summed E-state index contributed by atoms with van der Waals surface area (Å²) in [4.78, 5) is 18.2. The summed E-state index contributed by atoms with van der Waals surface area (Å²) in [6.07, 6.45) is 1.31. The zero-order valence-corrected chi connectivity index (χ0v) is 13.6. The monoisotopic (exact) mass is 314 g/mol. The normalized spacial score (nSPS) is 22.8. The van der Waals surface area contributed by atoms with E-state index in [1.807, 2.05) is 43.0 Å². The molecule has 4 heteroatoms. The van der Waals surface area contributed by atoms with Gasteiger partial charge in [-0.05, 0) is 55.4 Å². The van der Waals surface area contributed by atoms with Crippen molar-refractivity contribution < 1.29 is 4.79 Å². The first kappa shape index (κ1) is 13.9. The molecule has 2 heterocycles. The van der Waals surface area contributed by atoms with E-state index in [0.717, 1.165) is 58.0 Å². The van der Waals surface area contributed by atoms with Gasteiger partial charge in [-0.15, -0.1) is 0 Å². The van der Waals surface area contributed by atoms with Gasteiger partial charge < -0.3 is 9.88 Å². The number of aromatic amines is 1. The molecule has 2 aromatic rings. The Kier molecular flexibility index (Phi) is 3.08. The van der Waals surface area contributed by atoms with Crippen molar-refractivity contribution in [1.82, 2.24) is 9.88 Å². The van der Waals surface area contributed by atoms with Crippen molar-refractivity contribution in [3.05, 3.63) is 46.1 Å². The van der Waals surface area contributed by atoms with Crippen molar-refractivity contribution >= 4 is 17.5 Å². The average molecular weight is 315 g/mol. The summed E-state index contributed by atoms with van der Waals surface area (Å²) in [5.74, 6) is 1.71. The van der Waals surface area contributed by atoms with E-state index in [2.05, 4.69) is 4.98 Å². The van der Waals surface area contributed by atoms with E-state index in [1.165, 1.54) is 6.42 Å². The molecule has 1 aliphatic carbocycles. The van der Waals surface area contributed by atoms with Crippen LogP contribution in [0.2, 0.25) is 5.02 Å². The van der Waals surface area contributed by atoms with Gasteiger partial charge >= 0.3 is 0 Å². The molecule has 2 atom stereocenters. The van der Waals surface area contributed by atoms with Gasteiger partial charge in [0.15, 0.2) is 0 Å². The molecule has 2 unspecified atom stereocenters. The molecule has 114 valence electrons. The minimum atomic E-state index is 0.179. The van der Waals surface area contributed by atoms with Crippen LogP contribution in [0.25, 0.3) is 11.3 Å². The van der Waals surface area contributed by atoms with Gasteiger partial charge in [-0.2, -0.15) is 0 Å². The zero-order valence-electron chi connectivity index (χ0n) is 12.8. The highest BCUT2D eigenvalue weighted by Crippen LogP contribution is 2.45. The summed E-state index contributed by atoms with van der Waals surface area (Å²) in [7, 11) is 0. The van der Waals surface area contributed by atoms with Crippen molar-refractivity contribution in [3.8, 4) is 11.3 Å². The van der Waals surface area contributed by atoms with Gasteiger partial charge in [0.2, 0.25) is 0 Å². The fraction of sp³-hybridized carbons (Fsp3) is 0.389.